The van der Waals surface area contributed by atoms with Crippen molar-refractivity contribution < 1.29 is 9.47 Å². The van der Waals surface area contributed by atoms with Crippen LogP contribution in [-0.2, 0) is 4.74 Å². The molecule has 32 heavy (non-hydrogen) atoms. The van der Waals surface area contributed by atoms with Gasteiger partial charge in [0.1, 0.15) is 5.75 Å². The molecule has 174 valence electrons. The fourth-order valence-corrected chi connectivity index (χ4v) is 4.18. The monoisotopic (exact) mass is 434 g/mol. The molecular weight excluding hydrogens is 392 g/mol. The Hall–Kier alpha value is -2.28. The van der Waals surface area contributed by atoms with Crippen LogP contribution in [0, 0.1) is 17.3 Å². The molecule has 0 aliphatic rings. The average molecular weight is 435 g/mol. The molecule has 2 heteroatoms. The molecule has 2 aromatic rings. The lowest BCUT2D eigenvalue weighted by molar-refractivity contribution is -0.144. The molecule has 0 fully saturated rings. The van der Waals surface area contributed by atoms with E-state index in [1.54, 1.807) is 0 Å². The molecule has 0 aliphatic carbocycles. The van der Waals surface area contributed by atoms with Crippen LogP contribution in [0.3, 0.4) is 0 Å². The third kappa shape index (κ3) is 6.86. The molecule has 0 aromatic heterocycles. The van der Waals surface area contributed by atoms with Crippen LogP contribution in [0.5, 0.6) is 5.75 Å². The molecule has 3 atom stereocenters. The second kappa shape index (κ2) is 12.1. The SMILES string of the molecule is C=C=CC(CC)c1ccc(OC(CC(C)(C(C)C)C(C)C)OC(C)c2ccccc2)cc1. The fraction of sp³-hybridized carbons (Fsp3) is 0.500. The molecule has 2 aromatic carbocycles. The fourth-order valence-electron chi connectivity index (χ4n) is 4.18. The largest absolute Gasteiger partial charge is 0.465 e. The van der Waals surface area contributed by atoms with Crippen LogP contribution in [0.4, 0.5) is 0 Å². The maximum absolute atomic E-state index is 6.53. The van der Waals surface area contributed by atoms with Crippen molar-refractivity contribution in [3.63, 3.8) is 0 Å². The first-order valence-electron chi connectivity index (χ1n) is 12.0. The van der Waals surface area contributed by atoms with Gasteiger partial charge in [-0.1, -0.05) is 90.6 Å². The summed E-state index contributed by atoms with van der Waals surface area (Å²) in [5.41, 5.74) is 5.43. The Morgan fingerprint density at radius 1 is 0.906 bits per heavy atom. The Labute approximate surface area is 196 Å². The summed E-state index contributed by atoms with van der Waals surface area (Å²) >= 11 is 0. The van der Waals surface area contributed by atoms with Gasteiger partial charge in [-0.15, -0.1) is 5.73 Å². The van der Waals surface area contributed by atoms with Gasteiger partial charge in [0.15, 0.2) is 0 Å². The number of rotatable bonds is 12. The van der Waals surface area contributed by atoms with Gasteiger partial charge in [0.2, 0.25) is 6.29 Å². The summed E-state index contributed by atoms with van der Waals surface area (Å²) in [5.74, 6) is 2.20. The van der Waals surface area contributed by atoms with E-state index in [1.807, 2.05) is 12.1 Å². The second-order valence-electron chi connectivity index (χ2n) is 9.71. The Bertz CT molecular complexity index is 836. The van der Waals surface area contributed by atoms with Crippen LogP contribution < -0.4 is 4.74 Å². The average Bonchev–Trinajstić information content (AvgIpc) is 2.78. The van der Waals surface area contributed by atoms with E-state index < -0.39 is 0 Å². The highest BCUT2D eigenvalue weighted by Crippen LogP contribution is 2.41. The summed E-state index contributed by atoms with van der Waals surface area (Å²) in [6.07, 6.45) is 3.49. The lowest BCUT2D eigenvalue weighted by Crippen LogP contribution is -2.37. The van der Waals surface area contributed by atoms with Gasteiger partial charge in [-0.25, -0.2) is 0 Å². The molecule has 2 nitrogen and oxygen atoms in total. The van der Waals surface area contributed by atoms with E-state index in [0.29, 0.717) is 17.8 Å². The van der Waals surface area contributed by atoms with Gasteiger partial charge in [0, 0.05) is 12.3 Å². The highest BCUT2D eigenvalue weighted by atomic mass is 16.7. The van der Waals surface area contributed by atoms with Gasteiger partial charge in [0.25, 0.3) is 0 Å². The third-order valence-corrected chi connectivity index (χ3v) is 7.20. The Morgan fingerprint density at radius 2 is 1.50 bits per heavy atom. The summed E-state index contributed by atoms with van der Waals surface area (Å²) in [6.45, 7) is 19.5. The van der Waals surface area contributed by atoms with Gasteiger partial charge in [-0.3, -0.25) is 0 Å². The lowest BCUT2D eigenvalue weighted by Gasteiger charge is -2.41. The number of hydrogen-bond donors (Lipinski definition) is 0. The zero-order valence-corrected chi connectivity index (χ0v) is 21.1. The van der Waals surface area contributed by atoms with Crippen molar-refractivity contribution in [1.82, 2.24) is 0 Å². The molecule has 0 saturated carbocycles. The first-order valence-corrected chi connectivity index (χ1v) is 12.0. The quantitative estimate of drug-likeness (QED) is 0.246. The number of benzene rings is 2. The molecule has 0 bridgehead atoms. The summed E-state index contributed by atoms with van der Waals surface area (Å²) in [6, 6.07) is 18.7. The van der Waals surface area contributed by atoms with E-state index in [4.69, 9.17) is 9.47 Å². The first kappa shape index (κ1) is 26.0. The number of ether oxygens (including phenoxy) is 2. The zero-order chi connectivity index (χ0) is 23.7. The van der Waals surface area contributed by atoms with Gasteiger partial charge in [0.05, 0.1) is 6.10 Å². The third-order valence-electron chi connectivity index (χ3n) is 7.20. The van der Waals surface area contributed by atoms with E-state index in [9.17, 15) is 0 Å². The second-order valence-corrected chi connectivity index (χ2v) is 9.71. The topological polar surface area (TPSA) is 18.5 Å². The van der Waals surface area contributed by atoms with Gasteiger partial charge >= 0.3 is 0 Å². The summed E-state index contributed by atoms with van der Waals surface area (Å²) in [4.78, 5) is 0. The number of allylic oxidation sites excluding steroid dienone is 1. The molecule has 0 radical (unpaired) electrons. The Balaban J connectivity index is 2.26. The molecular formula is C30H42O2. The maximum atomic E-state index is 6.53. The minimum Gasteiger partial charge on any atom is -0.465 e. The predicted octanol–water partition coefficient (Wildman–Crippen LogP) is 8.71. The molecule has 0 aliphatic heterocycles. The highest BCUT2D eigenvalue weighted by molar-refractivity contribution is 5.31. The maximum Gasteiger partial charge on any atom is 0.201 e. The molecule has 0 spiro atoms. The standard InChI is InChI=1S/C30H42O2/c1-9-14-25(10-2)27-17-19-28(20-18-27)32-29(21-30(8,22(3)4)23(5)6)31-24(7)26-15-12-11-13-16-26/h11-20,22-25,29H,1,10,21H2,2-8H3. The van der Waals surface area contributed by atoms with Crippen molar-refractivity contribution in [3.8, 4) is 5.75 Å². The van der Waals surface area contributed by atoms with Crippen molar-refractivity contribution in [1.29, 1.82) is 0 Å². The van der Waals surface area contributed by atoms with Crippen LogP contribution in [-0.4, -0.2) is 6.29 Å². The van der Waals surface area contributed by atoms with E-state index in [0.717, 1.165) is 24.2 Å². The van der Waals surface area contributed by atoms with Crippen molar-refractivity contribution in [2.75, 3.05) is 0 Å². The van der Waals surface area contributed by atoms with Crippen molar-refractivity contribution >= 4 is 0 Å². The van der Waals surface area contributed by atoms with E-state index in [-0.39, 0.29) is 17.8 Å². The molecule has 0 saturated heterocycles. The Kier molecular flexibility index (Phi) is 9.82. The van der Waals surface area contributed by atoms with E-state index in [2.05, 4.69) is 109 Å². The van der Waals surface area contributed by atoms with Crippen molar-refractivity contribution in [2.24, 2.45) is 17.3 Å². The summed E-state index contributed by atoms with van der Waals surface area (Å²) in [7, 11) is 0. The van der Waals surface area contributed by atoms with Crippen LogP contribution >= 0.6 is 0 Å². The zero-order valence-electron chi connectivity index (χ0n) is 21.1. The minimum atomic E-state index is -0.333. The number of hydrogen-bond acceptors (Lipinski definition) is 2. The Morgan fingerprint density at radius 3 is 2.00 bits per heavy atom. The molecule has 3 unspecified atom stereocenters. The predicted molar refractivity (Wildman–Crippen MR) is 136 cm³/mol. The van der Waals surface area contributed by atoms with Crippen LogP contribution in [0.25, 0.3) is 0 Å². The van der Waals surface area contributed by atoms with Crippen molar-refractivity contribution in [2.45, 2.75) is 79.6 Å². The van der Waals surface area contributed by atoms with Crippen LogP contribution in [0.15, 0.2) is 73.0 Å². The van der Waals surface area contributed by atoms with Crippen LogP contribution in [0.2, 0.25) is 0 Å². The van der Waals surface area contributed by atoms with Gasteiger partial charge in [-0.05, 0) is 59.9 Å². The normalized spacial score (nSPS) is 14.7. The van der Waals surface area contributed by atoms with Gasteiger partial charge < -0.3 is 9.47 Å². The lowest BCUT2D eigenvalue weighted by atomic mass is 9.68. The smallest absolute Gasteiger partial charge is 0.201 e. The molecule has 2 rings (SSSR count). The summed E-state index contributed by atoms with van der Waals surface area (Å²) < 4.78 is 13.0. The van der Waals surface area contributed by atoms with Crippen molar-refractivity contribution in [3.05, 3.63) is 84.1 Å². The minimum absolute atomic E-state index is 0.0498. The highest BCUT2D eigenvalue weighted by Gasteiger charge is 2.36. The molecule has 0 amide bonds. The van der Waals surface area contributed by atoms with E-state index >= 15 is 0 Å². The first-order chi connectivity index (χ1) is 15.2. The summed E-state index contributed by atoms with van der Waals surface area (Å²) in [5, 5.41) is 0. The van der Waals surface area contributed by atoms with Gasteiger partial charge in [-0.2, -0.15) is 0 Å². The van der Waals surface area contributed by atoms with E-state index in [1.165, 1.54) is 5.56 Å². The molecule has 0 N–H and O–H groups in total. The van der Waals surface area contributed by atoms with Crippen LogP contribution in [0.1, 0.15) is 84.5 Å². The molecule has 0 heterocycles.